The molecule has 2 aromatic carbocycles. The van der Waals surface area contributed by atoms with E-state index in [1.54, 1.807) is 11.9 Å². The summed E-state index contributed by atoms with van der Waals surface area (Å²) in [5, 5.41) is 3.10. The van der Waals surface area contributed by atoms with Crippen molar-refractivity contribution < 1.29 is 4.79 Å². The van der Waals surface area contributed by atoms with Crippen molar-refractivity contribution in [1.82, 2.24) is 15.0 Å². The number of aromatic nitrogens is 3. The predicted octanol–water partition coefficient (Wildman–Crippen LogP) is 3.09. The summed E-state index contributed by atoms with van der Waals surface area (Å²) in [6, 6.07) is 19.1. The van der Waals surface area contributed by atoms with E-state index in [1.807, 2.05) is 60.7 Å². The lowest BCUT2D eigenvalue weighted by Crippen LogP contribution is -2.27. The third-order valence-corrected chi connectivity index (χ3v) is 4.62. The molecule has 0 unspecified atom stereocenters. The van der Waals surface area contributed by atoms with Crippen molar-refractivity contribution in [1.29, 1.82) is 0 Å². The zero-order valence-corrected chi connectivity index (χ0v) is 15.7. The number of nitrogens with one attached hydrogen (secondary N) is 1. The third-order valence-electron chi connectivity index (χ3n) is 3.70. The van der Waals surface area contributed by atoms with Crippen LogP contribution in [0.3, 0.4) is 0 Å². The molecule has 0 saturated carbocycles. The van der Waals surface area contributed by atoms with Crippen LogP contribution < -0.4 is 16.0 Å². The van der Waals surface area contributed by atoms with Gasteiger partial charge in [0.2, 0.25) is 17.8 Å². The largest absolute Gasteiger partial charge is 0.368 e. The molecule has 0 fully saturated rings. The number of nitrogens with two attached hydrogens (primary N) is 1. The van der Waals surface area contributed by atoms with Crippen LogP contribution in [-0.4, -0.2) is 33.7 Å². The minimum Gasteiger partial charge on any atom is -0.368 e. The van der Waals surface area contributed by atoms with Gasteiger partial charge < -0.3 is 16.0 Å². The highest BCUT2D eigenvalue weighted by atomic mass is 32.2. The van der Waals surface area contributed by atoms with Crippen LogP contribution in [0.4, 0.5) is 23.3 Å². The van der Waals surface area contributed by atoms with E-state index in [0.717, 1.165) is 11.4 Å². The number of nitrogen functional groups attached to an aromatic ring is 1. The van der Waals surface area contributed by atoms with E-state index in [2.05, 4.69) is 20.3 Å². The van der Waals surface area contributed by atoms with E-state index >= 15 is 0 Å². The highest BCUT2D eigenvalue weighted by Gasteiger charge is 2.12. The Morgan fingerprint density at radius 1 is 1.04 bits per heavy atom. The molecule has 0 atom stereocenters. The summed E-state index contributed by atoms with van der Waals surface area (Å²) in [4.78, 5) is 26.6. The number of benzene rings is 2. The van der Waals surface area contributed by atoms with Crippen molar-refractivity contribution in [3.63, 3.8) is 0 Å². The van der Waals surface area contributed by atoms with Gasteiger partial charge in [-0.2, -0.15) is 15.0 Å². The Labute approximate surface area is 162 Å². The highest BCUT2D eigenvalue weighted by molar-refractivity contribution is 7.99. The van der Waals surface area contributed by atoms with E-state index in [4.69, 9.17) is 5.73 Å². The Morgan fingerprint density at radius 3 is 2.41 bits per heavy atom. The van der Waals surface area contributed by atoms with Gasteiger partial charge in [-0.25, -0.2) is 0 Å². The van der Waals surface area contributed by atoms with Gasteiger partial charge in [0.25, 0.3) is 0 Å². The summed E-state index contributed by atoms with van der Waals surface area (Å²) in [5.74, 6) is 1.85. The molecule has 0 aliphatic carbocycles. The van der Waals surface area contributed by atoms with Crippen molar-refractivity contribution in [2.24, 2.45) is 0 Å². The number of carbonyl (C=O) groups excluding carboxylic acids is 1. The van der Waals surface area contributed by atoms with Crippen LogP contribution >= 0.6 is 11.8 Å². The molecule has 1 heterocycles. The number of rotatable bonds is 7. The first-order chi connectivity index (χ1) is 13.1. The second-order valence-corrected chi connectivity index (χ2v) is 6.69. The van der Waals surface area contributed by atoms with Crippen molar-refractivity contribution in [3.8, 4) is 0 Å². The smallest absolute Gasteiger partial charge is 0.236 e. The van der Waals surface area contributed by atoms with Crippen LogP contribution in [0.25, 0.3) is 0 Å². The summed E-state index contributed by atoms with van der Waals surface area (Å²) >= 11 is 1.43. The second-order valence-electron chi connectivity index (χ2n) is 5.71. The molecule has 7 nitrogen and oxygen atoms in total. The topological polar surface area (TPSA) is 97.0 Å². The normalized spacial score (nSPS) is 10.4. The van der Waals surface area contributed by atoms with Crippen molar-refractivity contribution in [2.75, 3.05) is 28.8 Å². The predicted molar refractivity (Wildman–Crippen MR) is 110 cm³/mol. The molecule has 8 heteroatoms. The Kier molecular flexibility index (Phi) is 6.22. The SMILES string of the molecule is CN(C(=O)CSCc1nc(N)nc(Nc2ccccc2)n1)c1ccccc1. The van der Waals surface area contributed by atoms with Crippen LogP contribution in [0, 0.1) is 0 Å². The fourth-order valence-corrected chi connectivity index (χ4v) is 3.11. The van der Waals surface area contributed by atoms with E-state index in [9.17, 15) is 4.79 Å². The molecule has 27 heavy (non-hydrogen) atoms. The Hall–Kier alpha value is -3.13. The van der Waals surface area contributed by atoms with E-state index < -0.39 is 0 Å². The fourth-order valence-electron chi connectivity index (χ4n) is 2.33. The van der Waals surface area contributed by atoms with Gasteiger partial charge in [-0.05, 0) is 24.3 Å². The van der Waals surface area contributed by atoms with E-state index in [-0.39, 0.29) is 11.9 Å². The van der Waals surface area contributed by atoms with Gasteiger partial charge in [0.05, 0.1) is 11.5 Å². The number of para-hydroxylation sites is 2. The van der Waals surface area contributed by atoms with Crippen LogP contribution in [0.1, 0.15) is 5.82 Å². The number of anilines is 4. The molecule has 0 aliphatic heterocycles. The summed E-state index contributed by atoms with van der Waals surface area (Å²) in [6.07, 6.45) is 0. The molecule has 0 spiro atoms. The van der Waals surface area contributed by atoms with Gasteiger partial charge in [-0.15, -0.1) is 11.8 Å². The Morgan fingerprint density at radius 2 is 1.70 bits per heavy atom. The Balaban J connectivity index is 1.57. The lowest BCUT2D eigenvalue weighted by Gasteiger charge is -2.16. The van der Waals surface area contributed by atoms with Crippen molar-refractivity contribution >= 4 is 40.9 Å². The van der Waals surface area contributed by atoms with E-state index in [1.165, 1.54) is 11.8 Å². The number of thioether (sulfide) groups is 1. The first-order valence-corrected chi connectivity index (χ1v) is 9.49. The van der Waals surface area contributed by atoms with E-state index in [0.29, 0.717) is 23.3 Å². The number of carbonyl (C=O) groups is 1. The van der Waals surface area contributed by atoms with Gasteiger partial charge in [-0.3, -0.25) is 4.79 Å². The number of nitrogens with zero attached hydrogens (tertiary/aromatic N) is 4. The molecule has 1 amide bonds. The summed E-state index contributed by atoms with van der Waals surface area (Å²) in [6.45, 7) is 0. The maximum Gasteiger partial charge on any atom is 0.236 e. The molecule has 3 N–H and O–H groups in total. The lowest BCUT2D eigenvalue weighted by molar-refractivity contribution is -0.115. The highest BCUT2D eigenvalue weighted by Crippen LogP contribution is 2.17. The molecule has 0 radical (unpaired) electrons. The fraction of sp³-hybridized carbons (Fsp3) is 0.158. The van der Waals surface area contributed by atoms with Gasteiger partial charge in [0.1, 0.15) is 5.82 Å². The van der Waals surface area contributed by atoms with Crippen molar-refractivity contribution in [2.45, 2.75) is 5.75 Å². The molecule has 0 bridgehead atoms. The standard InChI is InChI=1S/C19H20N6OS/c1-25(15-10-6-3-7-11-15)17(26)13-27-12-16-22-18(20)24-19(23-16)21-14-8-4-2-5-9-14/h2-11H,12-13H2,1H3,(H3,20,21,22,23,24). The molecule has 3 aromatic rings. The molecular formula is C19H20N6OS. The van der Waals surface area contributed by atoms with Crippen LogP contribution in [-0.2, 0) is 10.5 Å². The quantitative estimate of drug-likeness (QED) is 0.650. The molecule has 138 valence electrons. The summed E-state index contributed by atoms with van der Waals surface area (Å²) in [5.41, 5.74) is 7.51. The lowest BCUT2D eigenvalue weighted by atomic mass is 10.3. The minimum absolute atomic E-state index is 0.0101. The van der Waals surface area contributed by atoms with Crippen molar-refractivity contribution in [3.05, 3.63) is 66.5 Å². The first kappa shape index (κ1) is 18.7. The van der Waals surface area contributed by atoms with Crippen LogP contribution in [0.2, 0.25) is 0 Å². The average molecular weight is 380 g/mol. The number of amides is 1. The monoisotopic (exact) mass is 380 g/mol. The van der Waals surface area contributed by atoms with Gasteiger partial charge in [-0.1, -0.05) is 36.4 Å². The zero-order valence-electron chi connectivity index (χ0n) is 14.9. The summed E-state index contributed by atoms with van der Waals surface area (Å²) < 4.78 is 0. The number of hydrogen-bond donors (Lipinski definition) is 2. The zero-order chi connectivity index (χ0) is 19.1. The van der Waals surface area contributed by atoms with Gasteiger partial charge in [0.15, 0.2) is 0 Å². The molecule has 0 aliphatic rings. The van der Waals surface area contributed by atoms with Crippen LogP contribution in [0.15, 0.2) is 60.7 Å². The van der Waals surface area contributed by atoms with Gasteiger partial charge >= 0.3 is 0 Å². The minimum atomic E-state index is 0.0101. The Bertz CT molecular complexity index is 891. The maximum absolute atomic E-state index is 12.3. The number of hydrogen-bond acceptors (Lipinski definition) is 7. The second kappa shape index (κ2) is 9.00. The van der Waals surface area contributed by atoms with Crippen LogP contribution in [0.5, 0.6) is 0 Å². The van der Waals surface area contributed by atoms with Gasteiger partial charge in [0, 0.05) is 18.4 Å². The molecule has 0 saturated heterocycles. The summed E-state index contributed by atoms with van der Waals surface area (Å²) in [7, 11) is 1.76. The third kappa shape index (κ3) is 5.42. The first-order valence-electron chi connectivity index (χ1n) is 8.33. The molecule has 1 aromatic heterocycles. The molecule has 3 rings (SSSR count). The average Bonchev–Trinajstić information content (AvgIpc) is 2.68. The molecular weight excluding hydrogens is 360 g/mol. The maximum atomic E-state index is 12.3.